The first kappa shape index (κ1) is 19.7. The Morgan fingerprint density at radius 3 is 2.27 bits per heavy atom. The second-order valence-electron chi connectivity index (χ2n) is 5.99. The van der Waals surface area contributed by atoms with Gasteiger partial charge in [-0.15, -0.1) is 0 Å². The van der Waals surface area contributed by atoms with E-state index in [2.05, 4.69) is 26.6 Å². The zero-order valence-corrected chi connectivity index (χ0v) is 16.4. The average Bonchev–Trinajstić information content (AvgIpc) is 2.58. The summed E-state index contributed by atoms with van der Waals surface area (Å²) in [6.45, 7) is 3.57. The van der Waals surface area contributed by atoms with Crippen molar-refractivity contribution in [2.75, 3.05) is 24.2 Å². The number of hydrogen-bond donors (Lipinski definition) is 2. The van der Waals surface area contributed by atoms with E-state index in [1.54, 1.807) is 18.2 Å². The molecule has 2 aromatic rings. The molecule has 26 heavy (non-hydrogen) atoms. The summed E-state index contributed by atoms with van der Waals surface area (Å²) < 4.78 is 0.910. The van der Waals surface area contributed by atoms with E-state index in [0.29, 0.717) is 11.4 Å². The van der Waals surface area contributed by atoms with Crippen molar-refractivity contribution in [1.29, 1.82) is 0 Å². The van der Waals surface area contributed by atoms with Crippen LogP contribution in [0.1, 0.15) is 11.1 Å². The first-order valence-corrected chi connectivity index (χ1v) is 8.74. The lowest BCUT2D eigenvalue weighted by Gasteiger charge is -2.17. The molecule has 2 rings (SSSR count). The molecule has 0 aliphatic rings. The lowest BCUT2D eigenvalue weighted by atomic mass is 10.2. The van der Waals surface area contributed by atoms with Crippen molar-refractivity contribution in [3.63, 3.8) is 0 Å². The van der Waals surface area contributed by atoms with Crippen molar-refractivity contribution >= 4 is 45.0 Å². The smallest absolute Gasteiger partial charge is 0.313 e. The number of benzene rings is 2. The Morgan fingerprint density at radius 2 is 1.65 bits per heavy atom. The summed E-state index contributed by atoms with van der Waals surface area (Å²) in [6, 6.07) is 12.5. The standard InChI is InChI=1S/C19H20BrN3O3/c1-12-4-7-15(8-5-12)21-18(25)19(26)23(3)11-17(24)22-16-9-6-14(20)10-13(16)2/h4-10H,11H2,1-3H3,(H,21,25)(H,22,24). The van der Waals surface area contributed by atoms with Crippen LogP contribution < -0.4 is 10.6 Å². The van der Waals surface area contributed by atoms with Gasteiger partial charge in [0.2, 0.25) is 5.91 Å². The minimum atomic E-state index is -0.788. The zero-order valence-electron chi connectivity index (χ0n) is 14.8. The highest BCUT2D eigenvalue weighted by Crippen LogP contribution is 2.19. The quantitative estimate of drug-likeness (QED) is 0.750. The Bertz CT molecular complexity index is 834. The SMILES string of the molecule is Cc1ccc(NC(=O)C(=O)N(C)CC(=O)Nc2ccc(Br)cc2C)cc1. The van der Waals surface area contributed by atoms with Crippen LogP contribution >= 0.6 is 15.9 Å². The number of likely N-dealkylation sites (N-methyl/N-ethyl adjacent to an activating group) is 1. The average molecular weight is 418 g/mol. The van der Waals surface area contributed by atoms with Crippen LogP contribution in [0.3, 0.4) is 0 Å². The maximum absolute atomic E-state index is 12.1. The number of rotatable bonds is 4. The lowest BCUT2D eigenvalue weighted by molar-refractivity contribution is -0.143. The molecule has 0 spiro atoms. The molecule has 0 atom stereocenters. The van der Waals surface area contributed by atoms with Crippen molar-refractivity contribution in [3.8, 4) is 0 Å². The molecule has 0 aliphatic carbocycles. The summed E-state index contributed by atoms with van der Waals surface area (Å²) in [4.78, 5) is 37.4. The summed E-state index contributed by atoms with van der Waals surface area (Å²) in [5, 5.41) is 5.25. The molecule has 0 bridgehead atoms. The number of hydrogen-bond acceptors (Lipinski definition) is 3. The highest BCUT2D eigenvalue weighted by atomic mass is 79.9. The minimum absolute atomic E-state index is 0.227. The Balaban J connectivity index is 1.91. The number of carbonyl (C=O) groups excluding carboxylic acids is 3. The molecule has 0 saturated carbocycles. The second-order valence-corrected chi connectivity index (χ2v) is 6.90. The van der Waals surface area contributed by atoms with Crippen molar-refractivity contribution in [2.45, 2.75) is 13.8 Å². The van der Waals surface area contributed by atoms with E-state index in [-0.39, 0.29) is 12.5 Å². The van der Waals surface area contributed by atoms with Gasteiger partial charge in [0.1, 0.15) is 6.54 Å². The van der Waals surface area contributed by atoms with E-state index in [0.717, 1.165) is 20.5 Å². The number of aryl methyl sites for hydroxylation is 2. The Morgan fingerprint density at radius 1 is 1.00 bits per heavy atom. The zero-order chi connectivity index (χ0) is 19.3. The molecule has 0 fully saturated rings. The molecule has 7 heteroatoms. The third kappa shape index (κ3) is 5.42. The monoisotopic (exact) mass is 417 g/mol. The largest absolute Gasteiger partial charge is 0.328 e. The number of anilines is 2. The van der Waals surface area contributed by atoms with Gasteiger partial charge in [0.15, 0.2) is 0 Å². The molecule has 0 aliphatic heterocycles. The van der Waals surface area contributed by atoms with E-state index in [1.165, 1.54) is 7.05 Å². The summed E-state index contributed by atoms with van der Waals surface area (Å²) in [6.07, 6.45) is 0. The Kier molecular flexibility index (Phi) is 6.52. The van der Waals surface area contributed by atoms with Gasteiger partial charge in [0.25, 0.3) is 0 Å². The fourth-order valence-electron chi connectivity index (χ4n) is 2.24. The fraction of sp³-hybridized carbons (Fsp3) is 0.211. The van der Waals surface area contributed by atoms with Crippen LogP contribution in [0.2, 0.25) is 0 Å². The first-order chi connectivity index (χ1) is 12.3. The fourth-order valence-corrected chi connectivity index (χ4v) is 2.71. The lowest BCUT2D eigenvalue weighted by Crippen LogP contribution is -2.41. The Labute approximate surface area is 160 Å². The maximum Gasteiger partial charge on any atom is 0.313 e. The van der Waals surface area contributed by atoms with Gasteiger partial charge in [-0.1, -0.05) is 33.6 Å². The van der Waals surface area contributed by atoms with Crippen LogP contribution in [0.4, 0.5) is 11.4 Å². The molecule has 0 unspecified atom stereocenters. The van der Waals surface area contributed by atoms with E-state index < -0.39 is 11.8 Å². The summed E-state index contributed by atoms with van der Waals surface area (Å²) in [5.74, 6) is -1.95. The van der Waals surface area contributed by atoms with Crippen molar-refractivity contribution < 1.29 is 14.4 Å². The molecule has 6 nitrogen and oxygen atoms in total. The molecule has 2 aromatic carbocycles. The van der Waals surface area contributed by atoms with Gasteiger partial charge < -0.3 is 15.5 Å². The van der Waals surface area contributed by atoms with Gasteiger partial charge in [-0.2, -0.15) is 0 Å². The predicted octanol–water partition coefficient (Wildman–Crippen LogP) is 3.10. The number of nitrogens with zero attached hydrogens (tertiary/aromatic N) is 1. The van der Waals surface area contributed by atoms with Crippen LogP contribution in [-0.4, -0.2) is 36.2 Å². The van der Waals surface area contributed by atoms with E-state index in [9.17, 15) is 14.4 Å². The molecular weight excluding hydrogens is 398 g/mol. The van der Waals surface area contributed by atoms with E-state index in [1.807, 2.05) is 38.1 Å². The van der Waals surface area contributed by atoms with E-state index in [4.69, 9.17) is 0 Å². The number of carbonyl (C=O) groups is 3. The molecular formula is C19H20BrN3O3. The van der Waals surface area contributed by atoms with E-state index >= 15 is 0 Å². The third-order valence-corrected chi connectivity index (χ3v) is 4.19. The van der Waals surface area contributed by atoms with Crippen LogP contribution in [0.5, 0.6) is 0 Å². The highest BCUT2D eigenvalue weighted by Gasteiger charge is 2.21. The van der Waals surface area contributed by atoms with Gasteiger partial charge in [-0.3, -0.25) is 14.4 Å². The molecule has 2 N–H and O–H groups in total. The normalized spacial score (nSPS) is 10.2. The number of nitrogens with one attached hydrogen (secondary N) is 2. The van der Waals surface area contributed by atoms with Crippen LogP contribution in [0.25, 0.3) is 0 Å². The van der Waals surface area contributed by atoms with Crippen LogP contribution in [0.15, 0.2) is 46.9 Å². The molecule has 3 amide bonds. The number of amides is 3. The topological polar surface area (TPSA) is 78.5 Å². The van der Waals surface area contributed by atoms with Crippen molar-refractivity contribution in [2.24, 2.45) is 0 Å². The summed E-state index contributed by atoms with van der Waals surface area (Å²) in [5.41, 5.74) is 3.12. The van der Waals surface area contributed by atoms with Crippen LogP contribution in [0, 0.1) is 13.8 Å². The molecule has 0 aromatic heterocycles. The third-order valence-electron chi connectivity index (χ3n) is 3.69. The van der Waals surface area contributed by atoms with Gasteiger partial charge >= 0.3 is 11.8 Å². The number of halogens is 1. The van der Waals surface area contributed by atoms with Gasteiger partial charge in [0.05, 0.1) is 0 Å². The molecule has 0 saturated heterocycles. The molecule has 0 heterocycles. The Hall–Kier alpha value is -2.67. The van der Waals surface area contributed by atoms with Crippen molar-refractivity contribution in [3.05, 3.63) is 58.1 Å². The summed E-state index contributed by atoms with van der Waals surface area (Å²) in [7, 11) is 1.41. The van der Waals surface area contributed by atoms with Gasteiger partial charge in [-0.05, 0) is 49.7 Å². The van der Waals surface area contributed by atoms with Gasteiger partial charge in [0, 0.05) is 22.9 Å². The molecule has 0 radical (unpaired) electrons. The summed E-state index contributed by atoms with van der Waals surface area (Å²) >= 11 is 3.36. The predicted molar refractivity (Wildman–Crippen MR) is 105 cm³/mol. The van der Waals surface area contributed by atoms with Crippen molar-refractivity contribution in [1.82, 2.24) is 4.90 Å². The minimum Gasteiger partial charge on any atom is -0.328 e. The van der Waals surface area contributed by atoms with Gasteiger partial charge in [-0.25, -0.2) is 0 Å². The second kappa shape index (κ2) is 8.62. The highest BCUT2D eigenvalue weighted by molar-refractivity contribution is 9.10. The van der Waals surface area contributed by atoms with Crippen LogP contribution in [-0.2, 0) is 14.4 Å². The maximum atomic E-state index is 12.1. The first-order valence-electron chi connectivity index (χ1n) is 7.95. The molecule has 136 valence electrons.